The number of aromatic nitrogens is 1. The maximum Gasteiger partial charge on any atom is 0.490 e. The van der Waals surface area contributed by atoms with Crippen molar-refractivity contribution >= 4 is 51.7 Å². The fraction of sp³-hybridized carbons (Fsp3) is 0.267. The molecule has 1 amide bonds. The molecule has 1 aliphatic rings. The molecule has 3 aromatic carbocycles. The number of H-pyrrole nitrogens is 1. The maximum atomic E-state index is 12.9. The van der Waals surface area contributed by atoms with E-state index in [1.807, 2.05) is 67.6 Å². The molecular weight excluding hydrogens is 594 g/mol. The lowest BCUT2D eigenvalue weighted by molar-refractivity contribution is -0.192. The fourth-order valence-electron chi connectivity index (χ4n) is 4.41. The first-order valence-corrected chi connectivity index (χ1v) is 13.8. The molecule has 222 valence electrons. The third-order valence-corrected chi connectivity index (χ3v) is 7.39. The molecule has 0 saturated carbocycles. The highest BCUT2D eigenvalue weighted by atomic mass is 35.5. The lowest BCUT2D eigenvalue weighted by atomic mass is 10.1. The van der Waals surface area contributed by atoms with Crippen molar-refractivity contribution in [3.8, 4) is 17.0 Å². The summed E-state index contributed by atoms with van der Waals surface area (Å²) in [7, 11) is 0. The summed E-state index contributed by atoms with van der Waals surface area (Å²) >= 11 is 12.3. The van der Waals surface area contributed by atoms with E-state index in [9.17, 15) is 18.0 Å². The van der Waals surface area contributed by atoms with Gasteiger partial charge in [-0.05, 0) is 80.4 Å². The van der Waals surface area contributed by atoms with E-state index < -0.39 is 12.1 Å². The zero-order valence-electron chi connectivity index (χ0n) is 22.5. The first-order valence-electron chi connectivity index (χ1n) is 13.1. The van der Waals surface area contributed by atoms with Crippen LogP contribution < -0.4 is 10.1 Å². The van der Waals surface area contributed by atoms with Crippen molar-refractivity contribution in [3.05, 3.63) is 81.8 Å². The molecule has 1 fully saturated rings. The number of fused-ring (bicyclic) bond motifs is 1. The number of ether oxygens (including phenoxy) is 1. The molecule has 0 atom stereocenters. The minimum Gasteiger partial charge on any atom is -0.492 e. The van der Waals surface area contributed by atoms with E-state index in [4.69, 9.17) is 37.8 Å². The summed E-state index contributed by atoms with van der Waals surface area (Å²) in [4.78, 5) is 27.5. The van der Waals surface area contributed by atoms with Gasteiger partial charge < -0.3 is 20.1 Å². The molecule has 0 aliphatic carbocycles. The predicted molar refractivity (Wildman–Crippen MR) is 158 cm³/mol. The largest absolute Gasteiger partial charge is 0.492 e. The highest BCUT2D eigenvalue weighted by Crippen LogP contribution is 2.31. The lowest BCUT2D eigenvalue weighted by Crippen LogP contribution is -2.25. The average Bonchev–Trinajstić information content (AvgIpc) is 3.61. The summed E-state index contributed by atoms with van der Waals surface area (Å²) in [5, 5.41) is 12.1. The predicted octanol–water partition coefficient (Wildman–Crippen LogP) is 7.81. The Hall–Kier alpha value is -3.73. The van der Waals surface area contributed by atoms with E-state index in [2.05, 4.69) is 15.2 Å². The van der Waals surface area contributed by atoms with Gasteiger partial charge in [-0.15, -0.1) is 0 Å². The SMILES string of the molecule is Cc1ccc(NC(=O)c2ccc(-c3cc4cc(Cl)c(Cl)cc4[nH]3)cc2)cc1OCCN1CCCC1.O=C(O)C(F)(F)F. The Labute approximate surface area is 250 Å². The molecule has 1 aliphatic heterocycles. The van der Waals surface area contributed by atoms with Crippen LogP contribution in [0.25, 0.3) is 22.2 Å². The number of likely N-dealkylation sites (tertiary alicyclic amines) is 1. The van der Waals surface area contributed by atoms with Gasteiger partial charge in [-0.1, -0.05) is 41.4 Å². The van der Waals surface area contributed by atoms with Crippen molar-refractivity contribution < 1.29 is 32.6 Å². The number of aliphatic carboxylic acids is 1. The Balaban J connectivity index is 0.000000517. The lowest BCUT2D eigenvalue weighted by Gasteiger charge is -2.16. The number of nitrogens with one attached hydrogen (secondary N) is 2. The van der Waals surface area contributed by atoms with Crippen LogP contribution in [0.15, 0.2) is 60.7 Å². The van der Waals surface area contributed by atoms with Gasteiger partial charge in [0.15, 0.2) is 0 Å². The Kier molecular flexibility index (Phi) is 10.0. The molecule has 2 heterocycles. The third-order valence-electron chi connectivity index (χ3n) is 6.67. The smallest absolute Gasteiger partial charge is 0.490 e. The van der Waals surface area contributed by atoms with Crippen molar-refractivity contribution in [3.63, 3.8) is 0 Å². The first kappa shape index (κ1) is 31.2. The molecule has 7 nitrogen and oxygen atoms in total. The number of hydrogen-bond acceptors (Lipinski definition) is 4. The topological polar surface area (TPSA) is 94.7 Å². The van der Waals surface area contributed by atoms with Gasteiger partial charge in [0.1, 0.15) is 12.4 Å². The van der Waals surface area contributed by atoms with Gasteiger partial charge in [-0.2, -0.15) is 13.2 Å². The summed E-state index contributed by atoms with van der Waals surface area (Å²) in [6.07, 6.45) is -2.54. The second kappa shape index (κ2) is 13.5. The van der Waals surface area contributed by atoms with Gasteiger partial charge in [0.2, 0.25) is 0 Å². The van der Waals surface area contributed by atoms with E-state index in [0.29, 0.717) is 27.9 Å². The van der Waals surface area contributed by atoms with Crippen LogP contribution >= 0.6 is 23.2 Å². The van der Waals surface area contributed by atoms with Gasteiger partial charge in [0, 0.05) is 40.5 Å². The van der Waals surface area contributed by atoms with Crippen LogP contribution in [-0.2, 0) is 4.79 Å². The molecule has 4 aromatic rings. The second-order valence-corrected chi connectivity index (χ2v) is 10.6. The number of hydrogen-bond donors (Lipinski definition) is 3. The molecule has 1 saturated heterocycles. The number of alkyl halides is 3. The summed E-state index contributed by atoms with van der Waals surface area (Å²) in [5.41, 5.74) is 5.15. The highest BCUT2D eigenvalue weighted by Gasteiger charge is 2.38. The van der Waals surface area contributed by atoms with Crippen molar-refractivity contribution in [2.24, 2.45) is 0 Å². The molecule has 0 unspecified atom stereocenters. The number of carboxylic acids is 1. The number of carbonyl (C=O) groups is 2. The van der Waals surface area contributed by atoms with Crippen LogP contribution in [0.2, 0.25) is 10.0 Å². The van der Waals surface area contributed by atoms with E-state index in [0.717, 1.165) is 53.1 Å². The first-order chi connectivity index (χ1) is 19.9. The standard InChI is InChI=1S/C28H27Cl2N3O2.C2HF3O2/c1-18-4-9-22(16-27(18)35-13-12-33-10-2-3-11-33)31-28(34)20-7-5-19(6-8-20)25-15-21-14-23(29)24(30)17-26(21)32-25;3-2(4,5)1(6)7/h4-9,14-17,32H,2-3,10-13H2,1H3,(H,31,34);(H,6,7). The average molecular weight is 622 g/mol. The number of anilines is 1. The van der Waals surface area contributed by atoms with E-state index in [-0.39, 0.29) is 5.91 Å². The number of nitrogens with zero attached hydrogens (tertiary/aromatic N) is 1. The zero-order valence-corrected chi connectivity index (χ0v) is 24.0. The van der Waals surface area contributed by atoms with Crippen molar-refractivity contribution in [1.29, 1.82) is 0 Å². The maximum absolute atomic E-state index is 12.9. The Morgan fingerprint density at radius 1 is 1.00 bits per heavy atom. The fourth-order valence-corrected chi connectivity index (χ4v) is 4.75. The number of rotatable bonds is 7. The van der Waals surface area contributed by atoms with E-state index >= 15 is 0 Å². The summed E-state index contributed by atoms with van der Waals surface area (Å²) in [5.74, 6) is -2.12. The molecule has 42 heavy (non-hydrogen) atoms. The monoisotopic (exact) mass is 621 g/mol. The number of carboxylic acid groups (broad SMARTS) is 1. The van der Waals surface area contributed by atoms with Crippen LogP contribution in [-0.4, -0.2) is 59.3 Å². The summed E-state index contributed by atoms with van der Waals surface area (Å²) in [6.45, 7) is 5.90. The van der Waals surface area contributed by atoms with Crippen molar-refractivity contribution in [2.75, 3.05) is 31.6 Å². The van der Waals surface area contributed by atoms with Crippen LogP contribution in [0.3, 0.4) is 0 Å². The van der Waals surface area contributed by atoms with Crippen LogP contribution in [0.4, 0.5) is 18.9 Å². The molecule has 5 rings (SSSR count). The number of carbonyl (C=O) groups excluding carboxylic acids is 1. The van der Waals surface area contributed by atoms with Gasteiger partial charge in [-0.25, -0.2) is 4.79 Å². The van der Waals surface area contributed by atoms with Gasteiger partial charge >= 0.3 is 12.1 Å². The van der Waals surface area contributed by atoms with Crippen LogP contribution in [0.5, 0.6) is 5.75 Å². The normalized spacial score (nSPS) is 13.5. The minimum atomic E-state index is -5.08. The molecule has 0 spiro atoms. The number of halogens is 5. The van der Waals surface area contributed by atoms with Crippen LogP contribution in [0, 0.1) is 6.92 Å². The quantitative estimate of drug-likeness (QED) is 0.196. The molecule has 3 N–H and O–H groups in total. The second-order valence-electron chi connectivity index (χ2n) is 9.75. The van der Waals surface area contributed by atoms with E-state index in [1.165, 1.54) is 12.8 Å². The Bertz CT molecular complexity index is 1530. The van der Waals surface area contributed by atoms with E-state index in [1.54, 1.807) is 0 Å². The van der Waals surface area contributed by atoms with Crippen molar-refractivity contribution in [1.82, 2.24) is 9.88 Å². The summed E-state index contributed by atoms with van der Waals surface area (Å²) < 4.78 is 37.8. The molecule has 12 heteroatoms. The molecule has 0 bridgehead atoms. The molecule has 0 radical (unpaired) electrons. The number of aromatic amines is 1. The highest BCUT2D eigenvalue weighted by molar-refractivity contribution is 6.42. The van der Waals surface area contributed by atoms with Crippen molar-refractivity contribution in [2.45, 2.75) is 25.9 Å². The minimum absolute atomic E-state index is 0.168. The van der Waals surface area contributed by atoms with Gasteiger partial charge in [-0.3, -0.25) is 9.69 Å². The zero-order chi connectivity index (χ0) is 30.4. The number of benzene rings is 3. The third kappa shape index (κ3) is 8.18. The summed E-state index contributed by atoms with van der Waals surface area (Å²) in [6, 6.07) is 18.9. The molecular formula is C30H28Cl2F3N3O4. The van der Waals surface area contributed by atoms with Gasteiger partial charge in [0.25, 0.3) is 5.91 Å². The van der Waals surface area contributed by atoms with Gasteiger partial charge in [0.05, 0.1) is 10.0 Å². The molecule has 1 aromatic heterocycles. The Morgan fingerprint density at radius 3 is 2.29 bits per heavy atom. The number of amides is 1. The van der Waals surface area contributed by atoms with Crippen LogP contribution in [0.1, 0.15) is 28.8 Å². The number of aryl methyl sites for hydroxylation is 1. The Morgan fingerprint density at radius 2 is 1.64 bits per heavy atom.